The predicted octanol–water partition coefficient (Wildman–Crippen LogP) is 3.56. The van der Waals surface area contributed by atoms with E-state index in [4.69, 9.17) is 0 Å². The highest BCUT2D eigenvalue weighted by molar-refractivity contribution is 7.10. The molecule has 0 aromatic carbocycles. The predicted molar refractivity (Wildman–Crippen MR) is 115 cm³/mol. The molecule has 8 heteroatoms. The third-order valence-electron chi connectivity index (χ3n) is 5.38. The molecule has 29 heavy (non-hydrogen) atoms. The molecule has 2 aromatic heterocycles. The van der Waals surface area contributed by atoms with E-state index in [2.05, 4.69) is 15.3 Å². The molecule has 0 bridgehead atoms. The fraction of sp³-hybridized carbons (Fsp3) is 0.524. The SMILES string of the molecule is CCN(CC)C(=O)N1CCC(C(=O)NC(C)c2nc(-c3cccnc3)cs2)CC1. The van der Waals surface area contributed by atoms with Gasteiger partial charge < -0.3 is 15.1 Å². The van der Waals surface area contributed by atoms with Gasteiger partial charge in [0.2, 0.25) is 5.91 Å². The van der Waals surface area contributed by atoms with Crippen LogP contribution in [-0.4, -0.2) is 57.9 Å². The zero-order chi connectivity index (χ0) is 20.8. The van der Waals surface area contributed by atoms with Crippen molar-refractivity contribution in [1.29, 1.82) is 0 Å². The van der Waals surface area contributed by atoms with Crippen LogP contribution in [0.3, 0.4) is 0 Å². The smallest absolute Gasteiger partial charge is 0.319 e. The standard InChI is InChI=1S/C21H29N5O2S/c1-4-25(5-2)21(28)26-11-8-16(9-12-26)19(27)23-15(3)20-24-18(14-29-20)17-7-6-10-22-13-17/h6-7,10,13-16H,4-5,8-9,11-12H2,1-3H3,(H,23,27). The molecule has 1 N–H and O–H groups in total. The number of nitrogens with one attached hydrogen (secondary N) is 1. The monoisotopic (exact) mass is 415 g/mol. The molecular weight excluding hydrogens is 386 g/mol. The van der Waals surface area contributed by atoms with Crippen molar-refractivity contribution in [3.8, 4) is 11.3 Å². The van der Waals surface area contributed by atoms with E-state index in [-0.39, 0.29) is 23.9 Å². The third-order valence-corrected chi connectivity index (χ3v) is 6.41. The Kier molecular flexibility index (Phi) is 7.19. The van der Waals surface area contributed by atoms with Gasteiger partial charge in [0, 0.05) is 55.4 Å². The zero-order valence-electron chi connectivity index (χ0n) is 17.3. The lowest BCUT2D eigenvalue weighted by atomic mass is 9.96. The number of amides is 3. The first kappa shape index (κ1) is 21.2. The first-order chi connectivity index (χ1) is 14.0. The highest BCUT2D eigenvalue weighted by Crippen LogP contribution is 2.26. The van der Waals surface area contributed by atoms with Crippen LogP contribution in [-0.2, 0) is 4.79 Å². The van der Waals surface area contributed by atoms with E-state index in [9.17, 15) is 9.59 Å². The molecule has 0 radical (unpaired) electrons. The molecule has 1 atom stereocenters. The summed E-state index contributed by atoms with van der Waals surface area (Å²) >= 11 is 1.54. The minimum atomic E-state index is -0.145. The fourth-order valence-electron chi connectivity index (χ4n) is 3.55. The summed E-state index contributed by atoms with van der Waals surface area (Å²) in [4.78, 5) is 37.7. The molecule has 1 fully saturated rings. The summed E-state index contributed by atoms with van der Waals surface area (Å²) in [6, 6.07) is 3.79. The number of likely N-dealkylation sites (tertiary alicyclic amines) is 1. The number of carbonyl (C=O) groups is 2. The van der Waals surface area contributed by atoms with Crippen LogP contribution in [0.5, 0.6) is 0 Å². The first-order valence-electron chi connectivity index (χ1n) is 10.2. The van der Waals surface area contributed by atoms with Crippen molar-refractivity contribution in [2.45, 2.75) is 39.7 Å². The summed E-state index contributed by atoms with van der Waals surface area (Å²) in [5, 5.41) is 5.97. The van der Waals surface area contributed by atoms with E-state index in [0.717, 1.165) is 16.3 Å². The number of urea groups is 1. The van der Waals surface area contributed by atoms with Crippen LogP contribution in [0.25, 0.3) is 11.3 Å². The van der Waals surface area contributed by atoms with E-state index >= 15 is 0 Å². The summed E-state index contributed by atoms with van der Waals surface area (Å²) < 4.78 is 0. The van der Waals surface area contributed by atoms with Crippen molar-refractivity contribution >= 4 is 23.3 Å². The van der Waals surface area contributed by atoms with Crippen LogP contribution in [0.1, 0.15) is 44.7 Å². The Morgan fingerprint density at radius 2 is 2.03 bits per heavy atom. The van der Waals surface area contributed by atoms with Crippen LogP contribution < -0.4 is 5.32 Å². The number of hydrogen-bond donors (Lipinski definition) is 1. The summed E-state index contributed by atoms with van der Waals surface area (Å²) in [5.74, 6) is -0.0125. The van der Waals surface area contributed by atoms with Gasteiger partial charge in [-0.25, -0.2) is 9.78 Å². The number of thiazole rings is 1. The van der Waals surface area contributed by atoms with Gasteiger partial charge in [-0.05, 0) is 45.7 Å². The number of carbonyl (C=O) groups excluding carboxylic acids is 2. The lowest BCUT2D eigenvalue weighted by molar-refractivity contribution is -0.127. The van der Waals surface area contributed by atoms with Gasteiger partial charge in [-0.15, -0.1) is 11.3 Å². The van der Waals surface area contributed by atoms with Gasteiger partial charge in [-0.3, -0.25) is 9.78 Å². The number of rotatable bonds is 6. The van der Waals surface area contributed by atoms with Crippen molar-refractivity contribution in [2.75, 3.05) is 26.2 Å². The maximum Gasteiger partial charge on any atom is 0.319 e. The van der Waals surface area contributed by atoms with Crippen molar-refractivity contribution in [3.63, 3.8) is 0 Å². The number of nitrogens with zero attached hydrogens (tertiary/aromatic N) is 4. The molecule has 1 unspecified atom stereocenters. The van der Waals surface area contributed by atoms with E-state index in [1.807, 2.05) is 48.1 Å². The Balaban J connectivity index is 1.52. The van der Waals surface area contributed by atoms with Gasteiger partial charge in [0.25, 0.3) is 0 Å². The van der Waals surface area contributed by atoms with Crippen LogP contribution in [0, 0.1) is 5.92 Å². The second-order valence-electron chi connectivity index (χ2n) is 7.26. The average Bonchev–Trinajstić information content (AvgIpc) is 3.26. The first-order valence-corrected chi connectivity index (χ1v) is 11.1. The number of pyridine rings is 1. The zero-order valence-corrected chi connectivity index (χ0v) is 18.1. The highest BCUT2D eigenvalue weighted by atomic mass is 32.1. The lowest BCUT2D eigenvalue weighted by Crippen LogP contribution is -2.48. The normalized spacial score (nSPS) is 15.8. The average molecular weight is 416 g/mol. The number of piperidine rings is 1. The summed E-state index contributed by atoms with van der Waals surface area (Å²) in [5.41, 5.74) is 1.85. The largest absolute Gasteiger partial charge is 0.347 e. The van der Waals surface area contributed by atoms with Crippen molar-refractivity contribution in [3.05, 3.63) is 34.9 Å². The minimum absolute atomic E-state index is 0.0468. The van der Waals surface area contributed by atoms with Gasteiger partial charge >= 0.3 is 6.03 Å². The molecule has 0 saturated carbocycles. The number of hydrogen-bond acceptors (Lipinski definition) is 5. The van der Waals surface area contributed by atoms with E-state index in [1.165, 1.54) is 0 Å². The van der Waals surface area contributed by atoms with E-state index in [1.54, 1.807) is 23.7 Å². The van der Waals surface area contributed by atoms with Crippen LogP contribution >= 0.6 is 11.3 Å². The van der Waals surface area contributed by atoms with Crippen molar-refractivity contribution < 1.29 is 9.59 Å². The van der Waals surface area contributed by atoms with Gasteiger partial charge in [0.05, 0.1) is 11.7 Å². The maximum absolute atomic E-state index is 12.7. The third kappa shape index (κ3) is 5.12. The summed E-state index contributed by atoms with van der Waals surface area (Å²) in [6.45, 7) is 8.62. The molecule has 7 nitrogen and oxygen atoms in total. The Morgan fingerprint density at radius 1 is 1.31 bits per heavy atom. The van der Waals surface area contributed by atoms with Crippen LogP contribution in [0.15, 0.2) is 29.9 Å². The second-order valence-corrected chi connectivity index (χ2v) is 8.15. The molecular formula is C21H29N5O2S. The van der Waals surface area contributed by atoms with Gasteiger partial charge in [0.1, 0.15) is 5.01 Å². The minimum Gasteiger partial charge on any atom is -0.347 e. The molecule has 1 saturated heterocycles. The Morgan fingerprint density at radius 3 is 2.66 bits per heavy atom. The van der Waals surface area contributed by atoms with E-state index < -0.39 is 0 Å². The highest BCUT2D eigenvalue weighted by Gasteiger charge is 2.29. The second kappa shape index (κ2) is 9.82. The molecule has 156 valence electrons. The maximum atomic E-state index is 12.7. The Labute approximate surface area is 176 Å². The molecule has 0 spiro atoms. The summed E-state index contributed by atoms with van der Waals surface area (Å²) in [7, 11) is 0. The van der Waals surface area contributed by atoms with Crippen LogP contribution in [0.4, 0.5) is 4.79 Å². The molecule has 1 aliphatic rings. The van der Waals surface area contributed by atoms with Crippen molar-refractivity contribution in [1.82, 2.24) is 25.1 Å². The molecule has 1 aliphatic heterocycles. The van der Waals surface area contributed by atoms with Gasteiger partial charge in [-0.1, -0.05) is 0 Å². The molecule has 3 heterocycles. The lowest BCUT2D eigenvalue weighted by Gasteiger charge is -2.35. The molecule has 3 amide bonds. The summed E-state index contributed by atoms with van der Waals surface area (Å²) in [6.07, 6.45) is 4.92. The Bertz CT molecular complexity index is 813. The molecule has 2 aromatic rings. The Hall–Kier alpha value is -2.48. The topological polar surface area (TPSA) is 78.4 Å². The fourth-order valence-corrected chi connectivity index (χ4v) is 4.39. The molecule has 0 aliphatic carbocycles. The molecule has 3 rings (SSSR count). The number of aromatic nitrogens is 2. The van der Waals surface area contributed by atoms with Gasteiger partial charge in [-0.2, -0.15) is 0 Å². The quantitative estimate of drug-likeness (QED) is 0.782. The van der Waals surface area contributed by atoms with E-state index in [0.29, 0.717) is 39.0 Å². The van der Waals surface area contributed by atoms with Gasteiger partial charge in [0.15, 0.2) is 0 Å². The van der Waals surface area contributed by atoms with Crippen LogP contribution in [0.2, 0.25) is 0 Å². The van der Waals surface area contributed by atoms with Crippen molar-refractivity contribution in [2.24, 2.45) is 5.92 Å².